The molecule has 1 aliphatic rings. The molecule has 0 spiro atoms. The van der Waals surface area contributed by atoms with E-state index in [2.05, 4.69) is 48.4 Å². The second kappa shape index (κ2) is 7.32. The van der Waals surface area contributed by atoms with Crippen molar-refractivity contribution in [1.29, 1.82) is 0 Å². The Balaban J connectivity index is 1.59. The molecule has 1 amide bonds. The van der Waals surface area contributed by atoms with Gasteiger partial charge in [-0.15, -0.1) is 0 Å². The minimum absolute atomic E-state index is 0.0364. The van der Waals surface area contributed by atoms with Gasteiger partial charge < -0.3 is 10.1 Å². The van der Waals surface area contributed by atoms with Crippen molar-refractivity contribution in [1.82, 2.24) is 10.3 Å². The van der Waals surface area contributed by atoms with Gasteiger partial charge in [0.25, 0.3) is 0 Å². The number of hydrogen-bond acceptors (Lipinski definition) is 4. The normalized spacial score (nSPS) is 17.6. The van der Waals surface area contributed by atoms with Crippen molar-refractivity contribution in [3.8, 4) is 0 Å². The molecule has 1 aromatic heterocycles. The van der Waals surface area contributed by atoms with E-state index in [1.54, 1.807) is 0 Å². The molecule has 5 heteroatoms. The summed E-state index contributed by atoms with van der Waals surface area (Å²) in [6.45, 7) is 5.58. The molecule has 23 heavy (non-hydrogen) atoms. The van der Waals surface area contributed by atoms with E-state index in [0.29, 0.717) is 12.3 Å². The lowest BCUT2D eigenvalue weighted by molar-refractivity contribution is -0.119. The van der Waals surface area contributed by atoms with Crippen molar-refractivity contribution >= 4 is 28.6 Å². The molecule has 0 aliphatic carbocycles. The predicted octanol–water partition coefficient (Wildman–Crippen LogP) is 3.24. The lowest BCUT2D eigenvalue weighted by Gasteiger charge is -2.11. The number of aryl methyl sites for hydroxylation is 2. The van der Waals surface area contributed by atoms with E-state index < -0.39 is 0 Å². The van der Waals surface area contributed by atoms with E-state index >= 15 is 0 Å². The summed E-state index contributed by atoms with van der Waals surface area (Å²) in [6, 6.07) is 8.34. The van der Waals surface area contributed by atoms with Crippen molar-refractivity contribution in [2.75, 3.05) is 18.9 Å². The second-order valence-electron chi connectivity index (χ2n) is 6.03. The van der Waals surface area contributed by atoms with E-state index in [-0.39, 0.29) is 12.0 Å². The monoisotopic (exact) mass is 330 g/mol. The molecule has 122 valence electrons. The highest BCUT2D eigenvalue weighted by molar-refractivity contribution is 7.99. The summed E-state index contributed by atoms with van der Waals surface area (Å²) < 4.78 is 5.51. The number of carbonyl (C=O) groups is 1. The average molecular weight is 330 g/mol. The molecule has 1 fully saturated rings. The Kier molecular flexibility index (Phi) is 5.18. The number of pyridine rings is 1. The fraction of sp³-hybridized carbons (Fsp3) is 0.444. The van der Waals surface area contributed by atoms with E-state index in [1.807, 2.05) is 0 Å². The van der Waals surface area contributed by atoms with Crippen molar-refractivity contribution in [2.45, 2.75) is 37.8 Å². The highest BCUT2D eigenvalue weighted by Gasteiger charge is 2.16. The van der Waals surface area contributed by atoms with Crippen LogP contribution in [-0.2, 0) is 9.53 Å². The van der Waals surface area contributed by atoms with Gasteiger partial charge >= 0.3 is 0 Å². The molecule has 1 aromatic carbocycles. The first-order valence-corrected chi connectivity index (χ1v) is 8.99. The van der Waals surface area contributed by atoms with Crippen molar-refractivity contribution in [3.05, 3.63) is 35.4 Å². The Morgan fingerprint density at radius 2 is 2.26 bits per heavy atom. The first-order chi connectivity index (χ1) is 11.1. The van der Waals surface area contributed by atoms with Gasteiger partial charge in [-0.3, -0.25) is 4.79 Å². The zero-order chi connectivity index (χ0) is 16.2. The van der Waals surface area contributed by atoms with Crippen LogP contribution in [0.15, 0.2) is 29.3 Å². The fourth-order valence-corrected chi connectivity index (χ4v) is 3.58. The number of nitrogens with zero attached hydrogens (tertiary/aromatic N) is 1. The molecule has 0 saturated carbocycles. The topological polar surface area (TPSA) is 51.2 Å². The maximum Gasteiger partial charge on any atom is 0.230 e. The number of fused-ring (bicyclic) bond motifs is 1. The van der Waals surface area contributed by atoms with Gasteiger partial charge in [0, 0.05) is 18.5 Å². The van der Waals surface area contributed by atoms with Gasteiger partial charge in [0.15, 0.2) is 0 Å². The number of benzene rings is 1. The summed E-state index contributed by atoms with van der Waals surface area (Å²) in [5.41, 5.74) is 3.38. The molecule has 3 rings (SSSR count). The van der Waals surface area contributed by atoms with Crippen molar-refractivity contribution < 1.29 is 9.53 Å². The van der Waals surface area contributed by atoms with E-state index in [4.69, 9.17) is 4.74 Å². The molecule has 1 aliphatic heterocycles. The molecule has 1 saturated heterocycles. The zero-order valence-corrected chi connectivity index (χ0v) is 14.4. The fourth-order valence-electron chi connectivity index (χ4n) is 2.78. The number of carbonyl (C=O) groups excluding carboxylic acids is 1. The van der Waals surface area contributed by atoms with E-state index in [9.17, 15) is 4.79 Å². The third-order valence-electron chi connectivity index (χ3n) is 4.05. The van der Waals surface area contributed by atoms with Crippen LogP contribution in [0.5, 0.6) is 0 Å². The molecule has 4 nitrogen and oxygen atoms in total. The summed E-state index contributed by atoms with van der Waals surface area (Å²) in [6.07, 6.45) is 2.32. The summed E-state index contributed by atoms with van der Waals surface area (Å²) in [7, 11) is 0. The van der Waals surface area contributed by atoms with E-state index in [1.165, 1.54) is 28.3 Å². The molecule has 2 aromatic rings. The average Bonchev–Trinajstić information content (AvgIpc) is 3.04. The number of thioether (sulfide) groups is 1. The van der Waals surface area contributed by atoms with Gasteiger partial charge in [-0.05, 0) is 49.9 Å². The molecule has 0 bridgehead atoms. The van der Waals surface area contributed by atoms with Crippen molar-refractivity contribution in [3.63, 3.8) is 0 Å². The Hall–Kier alpha value is -1.59. The third-order valence-corrected chi connectivity index (χ3v) is 4.96. The lowest BCUT2D eigenvalue weighted by atomic mass is 10.1. The van der Waals surface area contributed by atoms with Gasteiger partial charge in [0.05, 0.1) is 22.4 Å². The number of rotatable bonds is 5. The summed E-state index contributed by atoms with van der Waals surface area (Å²) in [5.74, 6) is 0.422. The van der Waals surface area contributed by atoms with Crippen molar-refractivity contribution in [2.24, 2.45) is 0 Å². The van der Waals surface area contributed by atoms with Gasteiger partial charge in [-0.2, -0.15) is 0 Å². The Labute approximate surface area is 141 Å². The lowest BCUT2D eigenvalue weighted by Crippen LogP contribution is -2.32. The standard InChI is InChI=1S/C18H22N2O2S/c1-12-5-6-15-13(2)9-18(20-16(15)8-12)23-11-17(21)19-10-14-4-3-7-22-14/h5-6,8-9,14H,3-4,7,10-11H2,1-2H3,(H,19,21)/t14-/m1/s1. The number of nitrogens with one attached hydrogen (secondary N) is 1. The largest absolute Gasteiger partial charge is 0.376 e. The van der Waals surface area contributed by atoms with Crippen LogP contribution in [0.4, 0.5) is 0 Å². The minimum atomic E-state index is 0.0364. The van der Waals surface area contributed by atoms with Crippen LogP contribution < -0.4 is 5.32 Å². The third kappa shape index (κ3) is 4.24. The zero-order valence-electron chi connectivity index (χ0n) is 13.6. The number of hydrogen-bond donors (Lipinski definition) is 1. The van der Waals surface area contributed by atoms with Gasteiger partial charge in [-0.1, -0.05) is 23.9 Å². The van der Waals surface area contributed by atoms with Crippen LogP contribution in [0.2, 0.25) is 0 Å². The molecule has 1 N–H and O–H groups in total. The SMILES string of the molecule is Cc1ccc2c(C)cc(SCC(=O)NC[C@H]3CCCO3)nc2c1. The predicted molar refractivity (Wildman–Crippen MR) is 93.9 cm³/mol. The number of amides is 1. The van der Waals surface area contributed by atoms with Gasteiger partial charge in [-0.25, -0.2) is 4.98 Å². The highest BCUT2D eigenvalue weighted by atomic mass is 32.2. The van der Waals surface area contributed by atoms with Crippen LogP contribution in [0.3, 0.4) is 0 Å². The van der Waals surface area contributed by atoms with Gasteiger partial charge in [0.2, 0.25) is 5.91 Å². The molecule has 0 radical (unpaired) electrons. The highest BCUT2D eigenvalue weighted by Crippen LogP contribution is 2.24. The summed E-state index contributed by atoms with van der Waals surface area (Å²) in [4.78, 5) is 16.6. The summed E-state index contributed by atoms with van der Waals surface area (Å²) in [5, 5.41) is 5.01. The molecule has 2 heterocycles. The van der Waals surface area contributed by atoms with Crippen LogP contribution >= 0.6 is 11.8 Å². The van der Waals surface area contributed by atoms with E-state index in [0.717, 1.165) is 30.0 Å². The molecule has 0 unspecified atom stereocenters. The quantitative estimate of drug-likeness (QED) is 0.855. The first-order valence-electron chi connectivity index (χ1n) is 8.01. The Morgan fingerprint density at radius 3 is 3.04 bits per heavy atom. The van der Waals surface area contributed by atoms with Crippen LogP contribution in [0, 0.1) is 13.8 Å². The van der Waals surface area contributed by atoms with Gasteiger partial charge in [0.1, 0.15) is 0 Å². The molecular formula is C18H22N2O2S. The second-order valence-corrected chi connectivity index (χ2v) is 7.02. The maximum atomic E-state index is 12.0. The first kappa shape index (κ1) is 16.3. The Bertz CT molecular complexity index is 711. The van der Waals surface area contributed by atoms with Crippen LogP contribution in [-0.4, -0.2) is 35.9 Å². The molecular weight excluding hydrogens is 308 g/mol. The summed E-state index contributed by atoms with van der Waals surface area (Å²) >= 11 is 1.48. The molecule has 1 atom stereocenters. The number of aromatic nitrogens is 1. The smallest absolute Gasteiger partial charge is 0.230 e. The van der Waals surface area contributed by atoms with Crippen LogP contribution in [0.25, 0.3) is 10.9 Å². The van der Waals surface area contributed by atoms with Crippen LogP contribution in [0.1, 0.15) is 24.0 Å². The Morgan fingerprint density at radius 1 is 1.39 bits per heavy atom. The minimum Gasteiger partial charge on any atom is -0.376 e. The number of ether oxygens (including phenoxy) is 1. The maximum absolute atomic E-state index is 12.0.